The van der Waals surface area contributed by atoms with E-state index in [1.54, 1.807) is 29.8 Å². The number of nitrogens with zero attached hydrogens (tertiary/aromatic N) is 2. The number of thiophene rings is 1. The number of rotatable bonds is 4. The smallest absolute Gasteiger partial charge is 0.337 e. The van der Waals surface area contributed by atoms with Crippen LogP contribution in [0.2, 0.25) is 4.34 Å². The molecule has 0 bridgehead atoms. The van der Waals surface area contributed by atoms with E-state index in [9.17, 15) is 9.90 Å². The van der Waals surface area contributed by atoms with Crippen LogP contribution in [0.1, 0.15) is 15.2 Å². The number of para-hydroxylation sites is 1. The van der Waals surface area contributed by atoms with E-state index in [1.807, 2.05) is 22.8 Å². The summed E-state index contributed by atoms with van der Waals surface area (Å²) in [5.74, 6) is -0.934. The van der Waals surface area contributed by atoms with Crippen LogP contribution in [-0.2, 0) is 13.0 Å². The lowest BCUT2D eigenvalue weighted by atomic mass is 10.2. The van der Waals surface area contributed by atoms with Crippen molar-refractivity contribution >= 4 is 39.9 Å². The first-order valence-electron chi connectivity index (χ1n) is 6.06. The largest absolute Gasteiger partial charge is 0.478 e. The Hall–Kier alpha value is -1.85. The van der Waals surface area contributed by atoms with Gasteiger partial charge in [0.05, 0.1) is 27.3 Å². The number of benzene rings is 1. The van der Waals surface area contributed by atoms with Gasteiger partial charge in [-0.2, -0.15) is 0 Å². The van der Waals surface area contributed by atoms with E-state index in [-0.39, 0.29) is 5.56 Å². The summed E-state index contributed by atoms with van der Waals surface area (Å²) in [5.41, 5.74) is 1.65. The zero-order valence-electron chi connectivity index (χ0n) is 10.4. The van der Waals surface area contributed by atoms with Crippen molar-refractivity contribution in [3.05, 3.63) is 51.4 Å². The van der Waals surface area contributed by atoms with Crippen LogP contribution >= 0.6 is 22.9 Å². The molecule has 0 saturated carbocycles. The molecule has 0 fully saturated rings. The summed E-state index contributed by atoms with van der Waals surface area (Å²) >= 11 is 7.45. The SMILES string of the molecule is O=C(O)c1cccc2ncn(CCc3ccc(Cl)s3)c12. The molecule has 0 amide bonds. The maximum atomic E-state index is 11.3. The maximum absolute atomic E-state index is 11.3. The van der Waals surface area contributed by atoms with Crippen LogP contribution in [0.5, 0.6) is 0 Å². The topological polar surface area (TPSA) is 55.1 Å². The highest BCUT2D eigenvalue weighted by Crippen LogP contribution is 2.23. The third kappa shape index (κ3) is 2.42. The molecule has 0 unspecified atom stereocenters. The van der Waals surface area contributed by atoms with Gasteiger partial charge in [-0.3, -0.25) is 0 Å². The van der Waals surface area contributed by atoms with Gasteiger partial charge < -0.3 is 9.67 Å². The number of halogens is 1. The summed E-state index contributed by atoms with van der Waals surface area (Å²) in [7, 11) is 0. The average Bonchev–Trinajstić information content (AvgIpc) is 3.02. The molecule has 0 radical (unpaired) electrons. The molecular weight excluding hydrogens is 296 g/mol. The molecule has 3 rings (SSSR count). The van der Waals surface area contributed by atoms with Crippen molar-refractivity contribution < 1.29 is 9.90 Å². The lowest BCUT2D eigenvalue weighted by Gasteiger charge is -2.05. The number of aryl methyl sites for hydroxylation is 2. The molecule has 0 aliphatic heterocycles. The van der Waals surface area contributed by atoms with Crippen molar-refractivity contribution in [3.8, 4) is 0 Å². The predicted octanol–water partition coefficient (Wildman–Crippen LogP) is 3.69. The van der Waals surface area contributed by atoms with E-state index < -0.39 is 5.97 Å². The quantitative estimate of drug-likeness (QED) is 0.799. The van der Waals surface area contributed by atoms with Crippen LogP contribution in [0.4, 0.5) is 0 Å². The Morgan fingerprint density at radius 2 is 2.20 bits per heavy atom. The molecule has 20 heavy (non-hydrogen) atoms. The molecule has 0 atom stereocenters. The Kier molecular flexibility index (Phi) is 3.46. The zero-order valence-corrected chi connectivity index (χ0v) is 12.0. The zero-order chi connectivity index (χ0) is 14.1. The van der Waals surface area contributed by atoms with Gasteiger partial charge in [0.2, 0.25) is 0 Å². The Balaban J connectivity index is 1.93. The average molecular weight is 307 g/mol. The molecule has 102 valence electrons. The third-order valence-electron chi connectivity index (χ3n) is 3.10. The van der Waals surface area contributed by atoms with Gasteiger partial charge in [0.1, 0.15) is 0 Å². The van der Waals surface area contributed by atoms with Crippen molar-refractivity contribution in [2.45, 2.75) is 13.0 Å². The number of carboxylic acids is 1. The van der Waals surface area contributed by atoms with Crippen LogP contribution in [0.15, 0.2) is 36.7 Å². The summed E-state index contributed by atoms with van der Waals surface area (Å²) in [6.45, 7) is 0.678. The molecule has 2 heterocycles. The fourth-order valence-electron chi connectivity index (χ4n) is 2.19. The molecule has 1 N–H and O–H groups in total. The second-order valence-corrected chi connectivity index (χ2v) is 6.17. The Bertz CT molecular complexity index is 778. The normalized spacial score (nSPS) is 11.1. The summed E-state index contributed by atoms with van der Waals surface area (Å²) in [5, 5.41) is 9.26. The molecule has 4 nitrogen and oxygen atoms in total. The van der Waals surface area contributed by atoms with E-state index in [4.69, 9.17) is 11.6 Å². The predicted molar refractivity (Wildman–Crippen MR) is 79.7 cm³/mol. The van der Waals surface area contributed by atoms with E-state index in [0.29, 0.717) is 17.6 Å². The molecule has 0 aliphatic rings. The van der Waals surface area contributed by atoms with Gasteiger partial charge in [0.15, 0.2) is 0 Å². The van der Waals surface area contributed by atoms with Gasteiger partial charge in [-0.1, -0.05) is 17.7 Å². The summed E-state index contributed by atoms with van der Waals surface area (Å²) in [6, 6.07) is 8.99. The number of fused-ring (bicyclic) bond motifs is 1. The standard InChI is InChI=1S/C14H11ClN2O2S/c15-12-5-4-9(20-12)6-7-17-8-16-11-3-1-2-10(13(11)17)14(18)19/h1-5,8H,6-7H2,(H,18,19). The first-order valence-corrected chi connectivity index (χ1v) is 7.26. The third-order valence-corrected chi connectivity index (χ3v) is 4.39. The monoisotopic (exact) mass is 306 g/mol. The molecule has 1 aromatic carbocycles. The Morgan fingerprint density at radius 3 is 2.90 bits per heavy atom. The van der Waals surface area contributed by atoms with Crippen molar-refractivity contribution in [1.82, 2.24) is 9.55 Å². The molecular formula is C14H11ClN2O2S. The van der Waals surface area contributed by atoms with Gasteiger partial charge in [0.25, 0.3) is 0 Å². The molecule has 0 spiro atoms. The van der Waals surface area contributed by atoms with Crippen molar-refractivity contribution in [3.63, 3.8) is 0 Å². The minimum Gasteiger partial charge on any atom is -0.478 e. The van der Waals surface area contributed by atoms with Crippen LogP contribution < -0.4 is 0 Å². The van der Waals surface area contributed by atoms with Gasteiger partial charge >= 0.3 is 5.97 Å². The second kappa shape index (κ2) is 5.26. The first-order chi connectivity index (χ1) is 9.65. The number of imidazole rings is 1. The van der Waals surface area contributed by atoms with Crippen molar-refractivity contribution in [1.29, 1.82) is 0 Å². The summed E-state index contributed by atoms with van der Waals surface area (Å²) < 4.78 is 2.65. The number of hydrogen-bond acceptors (Lipinski definition) is 3. The summed E-state index contributed by atoms with van der Waals surface area (Å²) in [6.07, 6.45) is 2.49. The molecule has 3 aromatic rings. The maximum Gasteiger partial charge on any atom is 0.337 e. The van der Waals surface area contributed by atoms with Crippen LogP contribution in [0.3, 0.4) is 0 Å². The fraction of sp³-hybridized carbons (Fsp3) is 0.143. The Morgan fingerprint density at radius 1 is 1.35 bits per heavy atom. The number of aromatic nitrogens is 2. The highest BCUT2D eigenvalue weighted by molar-refractivity contribution is 7.16. The van der Waals surface area contributed by atoms with E-state index in [2.05, 4.69) is 4.98 Å². The van der Waals surface area contributed by atoms with E-state index in [1.165, 1.54) is 4.88 Å². The molecule has 0 aliphatic carbocycles. The van der Waals surface area contributed by atoms with Gasteiger partial charge in [-0.15, -0.1) is 11.3 Å². The van der Waals surface area contributed by atoms with Crippen LogP contribution in [0, 0.1) is 0 Å². The van der Waals surface area contributed by atoms with E-state index in [0.717, 1.165) is 10.8 Å². The molecule has 6 heteroatoms. The first kappa shape index (κ1) is 13.1. The number of carbonyl (C=O) groups is 1. The fourth-order valence-corrected chi connectivity index (χ4v) is 3.26. The van der Waals surface area contributed by atoms with Crippen molar-refractivity contribution in [2.75, 3.05) is 0 Å². The Labute approximate surface area is 124 Å². The second-order valence-electron chi connectivity index (χ2n) is 4.37. The van der Waals surface area contributed by atoms with Crippen molar-refractivity contribution in [2.24, 2.45) is 0 Å². The number of aromatic carboxylic acids is 1. The van der Waals surface area contributed by atoms with Crippen LogP contribution in [-0.4, -0.2) is 20.6 Å². The molecule has 0 saturated heterocycles. The highest BCUT2D eigenvalue weighted by Gasteiger charge is 2.13. The van der Waals surface area contributed by atoms with E-state index >= 15 is 0 Å². The van der Waals surface area contributed by atoms with Crippen LogP contribution in [0.25, 0.3) is 11.0 Å². The lowest BCUT2D eigenvalue weighted by molar-refractivity contribution is 0.0698. The minimum absolute atomic E-state index is 0.282. The minimum atomic E-state index is -0.934. The lowest BCUT2D eigenvalue weighted by Crippen LogP contribution is -2.04. The van der Waals surface area contributed by atoms with Gasteiger partial charge in [-0.25, -0.2) is 9.78 Å². The highest BCUT2D eigenvalue weighted by atomic mass is 35.5. The van der Waals surface area contributed by atoms with Gasteiger partial charge in [-0.05, 0) is 30.7 Å². The summed E-state index contributed by atoms with van der Waals surface area (Å²) in [4.78, 5) is 16.7. The number of hydrogen-bond donors (Lipinski definition) is 1. The van der Waals surface area contributed by atoms with Gasteiger partial charge in [0, 0.05) is 11.4 Å². The molecule has 2 aromatic heterocycles. The number of carboxylic acid groups (broad SMARTS) is 1.